The molecule has 2 nitrogen and oxygen atoms in total. The van der Waals surface area contributed by atoms with Crippen LogP contribution in [0.15, 0.2) is 48.5 Å². The smallest absolute Gasteiger partial charge is 0.152 e. The molecular formula is C20H23BrN2. The van der Waals surface area contributed by atoms with E-state index in [-0.39, 0.29) is 17.0 Å². The van der Waals surface area contributed by atoms with Gasteiger partial charge in [-0.2, -0.15) is 5.26 Å². The van der Waals surface area contributed by atoms with Crippen molar-refractivity contribution in [2.45, 2.75) is 39.4 Å². The highest BCUT2D eigenvalue weighted by Gasteiger charge is 2.54. The van der Waals surface area contributed by atoms with E-state index in [2.05, 4.69) is 68.4 Å². The number of nitrogens with zero attached hydrogens (tertiary/aromatic N) is 2. The van der Waals surface area contributed by atoms with E-state index in [0.29, 0.717) is 12.5 Å². The van der Waals surface area contributed by atoms with Crippen LogP contribution in [0.1, 0.15) is 28.7 Å². The molecule has 1 heterocycles. The third kappa shape index (κ3) is 4.22. The van der Waals surface area contributed by atoms with Crippen molar-refractivity contribution in [3.05, 3.63) is 70.8 Å². The predicted octanol–water partition coefficient (Wildman–Crippen LogP) is 1.12. The van der Waals surface area contributed by atoms with Crippen molar-refractivity contribution in [2.24, 2.45) is 0 Å². The maximum Gasteiger partial charge on any atom is 0.152 e. The van der Waals surface area contributed by atoms with Crippen LogP contribution in [0.2, 0.25) is 0 Å². The van der Waals surface area contributed by atoms with Gasteiger partial charge in [0.15, 0.2) is 6.04 Å². The van der Waals surface area contributed by atoms with Gasteiger partial charge in [-0.3, -0.25) is 0 Å². The lowest BCUT2D eigenvalue weighted by Crippen LogP contribution is -3.00. The molecule has 2 aromatic rings. The van der Waals surface area contributed by atoms with Crippen LogP contribution in [-0.2, 0) is 13.1 Å². The monoisotopic (exact) mass is 370 g/mol. The Hall–Kier alpha value is -1.63. The number of halogens is 1. The number of hydrogen-bond acceptors (Lipinski definition) is 1. The van der Waals surface area contributed by atoms with Crippen LogP contribution in [0.5, 0.6) is 0 Å². The lowest BCUT2D eigenvalue weighted by Gasteiger charge is -2.21. The number of nitriles is 1. The highest BCUT2D eigenvalue weighted by Crippen LogP contribution is 2.38. The summed E-state index contributed by atoms with van der Waals surface area (Å²) in [6.07, 6.45) is 0.664. The van der Waals surface area contributed by atoms with E-state index in [9.17, 15) is 0 Å². The number of hydrogen-bond donors (Lipinski definition) is 0. The van der Waals surface area contributed by atoms with E-state index >= 15 is 0 Å². The second kappa shape index (κ2) is 7.29. The maximum absolute atomic E-state index is 9.05. The first kappa shape index (κ1) is 17.7. The lowest BCUT2D eigenvalue weighted by molar-refractivity contribution is -0.841. The first-order chi connectivity index (χ1) is 10.6. The summed E-state index contributed by atoms with van der Waals surface area (Å²) in [6.45, 7) is 7.42. The molecular weight excluding hydrogens is 348 g/mol. The van der Waals surface area contributed by atoms with Crippen LogP contribution >= 0.6 is 0 Å². The van der Waals surface area contributed by atoms with Gasteiger partial charge in [-0.25, -0.2) is 0 Å². The minimum Gasteiger partial charge on any atom is -1.00 e. The Morgan fingerprint density at radius 3 is 1.74 bits per heavy atom. The molecule has 0 aromatic heterocycles. The molecule has 1 aliphatic heterocycles. The molecule has 23 heavy (non-hydrogen) atoms. The standard InChI is InChI=1S/C20H23N2.BrH/c1-16-3-7-18(8-4-16)13-22(15-20(22)11-12-21)14-19-9-5-17(2)6-10-19;/h3-10,20H,11,13-15H2,1-2H3;1H/q+1;/p-1. The number of benzene rings is 2. The van der Waals surface area contributed by atoms with E-state index in [0.717, 1.165) is 24.1 Å². The van der Waals surface area contributed by atoms with Crippen molar-refractivity contribution in [3.63, 3.8) is 0 Å². The summed E-state index contributed by atoms with van der Waals surface area (Å²) >= 11 is 0. The molecule has 1 fully saturated rings. The Kier molecular flexibility index (Phi) is 5.62. The highest BCUT2D eigenvalue weighted by molar-refractivity contribution is 5.22. The van der Waals surface area contributed by atoms with Gasteiger partial charge < -0.3 is 21.5 Å². The third-order valence-electron chi connectivity index (χ3n) is 4.78. The summed E-state index contributed by atoms with van der Waals surface area (Å²) in [7, 11) is 0. The zero-order chi connectivity index (χ0) is 15.6. The second-order valence-corrected chi connectivity index (χ2v) is 6.70. The Labute approximate surface area is 149 Å². The largest absolute Gasteiger partial charge is 1.00 e. The molecule has 3 heteroatoms. The van der Waals surface area contributed by atoms with Crippen LogP contribution in [0.3, 0.4) is 0 Å². The summed E-state index contributed by atoms with van der Waals surface area (Å²) in [5.74, 6) is 0. The summed E-state index contributed by atoms with van der Waals surface area (Å²) in [4.78, 5) is 0. The van der Waals surface area contributed by atoms with Crippen molar-refractivity contribution in [2.75, 3.05) is 6.54 Å². The van der Waals surface area contributed by atoms with Gasteiger partial charge in [-0.1, -0.05) is 59.7 Å². The van der Waals surface area contributed by atoms with Crippen molar-refractivity contribution < 1.29 is 21.5 Å². The molecule has 1 saturated heterocycles. The molecule has 0 amide bonds. The molecule has 1 atom stereocenters. The van der Waals surface area contributed by atoms with Crippen molar-refractivity contribution in [1.82, 2.24) is 0 Å². The Morgan fingerprint density at radius 1 is 0.913 bits per heavy atom. The maximum atomic E-state index is 9.05. The molecule has 1 unspecified atom stereocenters. The van der Waals surface area contributed by atoms with Crippen LogP contribution in [-0.4, -0.2) is 17.1 Å². The van der Waals surface area contributed by atoms with Gasteiger partial charge in [0.2, 0.25) is 0 Å². The second-order valence-electron chi connectivity index (χ2n) is 6.70. The summed E-state index contributed by atoms with van der Waals surface area (Å²) < 4.78 is 1.03. The van der Waals surface area contributed by atoms with Crippen LogP contribution in [0.4, 0.5) is 0 Å². The molecule has 120 valence electrons. The average molecular weight is 371 g/mol. The summed E-state index contributed by atoms with van der Waals surface area (Å²) in [5, 5.41) is 9.05. The Balaban J connectivity index is 0.00000192. The molecule has 0 radical (unpaired) electrons. The van der Waals surface area contributed by atoms with Crippen molar-refractivity contribution in [1.29, 1.82) is 5.26 Å². The molecule has 2 aromatic carbocycles. The SMILES string of the molecule is Cc1ccc(C[N+]2(Cc3ccc(C)cc3)CC2CC#N)cc1.[Br-]. The third-order valence-corrected chi connectivity index (χ3v) is 4.78. The molecule has 3 rings (SSSR count). The highest BCUT2D eigenvalue weighted by atomic mass is 79.9. The number of aryl methyl sites for hydroxylation is 2. The Bertz CT molecular complexity index is 636. The number of quaternary nitrogens is 1. The first-order valence-corrected chi connectivity index (χ1v) is 7.95. The lowest BCUT2D eigenvalue weighted by atomic mass is 10.1. The van der Waals surface area contributed by atoms with Crippen molar-refractivity contribution >= 4 is 0 Å². The van der Waals surface area contributed by atoms with E-state index in [1.165, 1.54) is 22.3 Å². The number of rotatable bonds is 5. The van der Waals surface area contributed by atoms with Gasteiger partial charge in [-0.15, -0.1) is 0 Å². The Morgan fingerprint density at radius 2 is 1.35 bits per heavy atom. The van der Waals surface area contributed by atoms with E-state index in [4.69, 9.17) is 5.26 Å². The fraction of sp³-hybridized carbons (Fsp3) is 0.350. The quantitative estimate of drug-likeness (QED) is 0.571. The average Bonchev–Trinajstić information content (AvgIpc) is 3.16. The summed E-state index contributed by atoms with van der Waals surface area (Å²) in [6, 6.07) is 20.5. The first-order valence-electron chi connectivity index (χ1n) is 7.95. The zero-order valence-corrected chi connectivity index (χ0v) is 15.4. The van der Waals surface area contributed by atoms with Gasteiger partial charge in [0.1, 0.15) is 19.6 Å². The predicted molar refractivity (Wildman–Crippen MR) is 88.9 cm³/mol. The molecule has 1 aliphatic rings. The van der Waals surface area contributed by atoms with Crippen LogP contribution < -0.4 is 17.0 Å². The van der Waals surface area contributed by atoms with Gasteiger partial charge in [0.05, 0.1) is 12.5 Å². The fourth-order valence-electron chi connectivity index (χ4n) is 3.29. The molecule has 0 N–H and O–H groups in total. The zero-order valence-electron chi connectivity index (χ0n) is 13.8. The van der Waals surface area contributed by atoms with Crippen molar-refractivity contribution in [3.8, 4) is 6.07 Å². The summed E-state index contributed by atoms with van der Waals surface area (Å²) in [5.41, 5.74) is 5.35. The van der Waals surface area contributed by atoms with Gasteiger partial charge in [0.25, 0.3) is 0 Å². The van der Waals surface area contributed by atoms with E-state index in [1.807, 2.05) is 0 Å². The minimum absolute atomic E-state index is 0. The molecule has 0 spiro atoms. The fourth-order valence-corrected chi connectivity index (χ4v) is 3.29. The van der Waals surface area contributed by atoms with Gasteiger partial charge in [-0.05, 0) is 13.8 Å². The molecule has 0 bridgehead atoms. The van der Waals surface area contributed by atoms with E-state index < -0.39 is 0 Å². The minimum atomic E-state index is 0. The van der Waals surface area contributed by atoms with Crippen LogP contribution in [0, 0.1) is 25.2 Å². The molecule has 0 aliphatic carbocycles. The topological polar surface area (TPSA) is 23.8 Å². The molecule has 0 saturated carbocycles. The van der Waals surface area contributed by atoms with Gasteiger partial charge >= 0.3 is 0 Å². The van der Waals surface area contributed by atoms with Crippen LogP contribution in [0.25, 0.3) is 0 Å². The normalized spacial score (nSPS) is 17.9. The van der Waals surface area contributed by atoms with Gasteiger partial charge in [0, 0.05) is 11.1 Å². The van der Waals surface area contributed by atoms with E-state index in [1.54, 1.807) is 0 Å².